The minimum Gasteiger partial charge on any atom is -0.489 e. The fraction of sp³-hybridized carbons (Fsp3) is 0.296. The van der Waals surface area contributed by atoms with Gasteiger partial charge < -0.3 is 9.30 Å². The number of para-hydroxylation sites is 1. The predicted molar refractivity (Wildman–Crippen MR) is 144 cm³/mol. The molecule has 0 fully saturated rings. The van der Waals surface area contributed by atoms with E-state index in [0.29, 0.717) is 41.6 Å². The monoisotopic (exact) mass is 540 g/mol. The number of hydrogen-bond acceptors (Lipinski definition) is 6. The molecule has 2 heterocycles. The first kappa shape index (κ1) is 26.6. The van der Waals surface area contributed by atoms with E-state index in [1.54, 1.807) is 6.07 Å². The molecule has 4 rings (SSSR count). The van der Waals surface area contributed by atoms with Crippen LogP contribution < -0.4 is 9.46 Å². The summed E-state index contributed by atoms with van der Waals surface area (Å²) < 4.78 is 34.3. The van der Waals surface area contributed by atoms with Crippen LogP contribution >= 0.6 is 11.6 Å². The molecule has 2 aromatic carbocycles. The van der Waals surface area contributed by atoms with Gasteiger partial charge in [-0.1, -0.05) is 61.7 Å². The summed E-state index contributed by atoms with van der Waals surface area (Å²) >= 11 is 6.60. The number of nitrogens with zero attached hydrogens (tertiary/aromatic N) is 3. The molecule has 10 heteroatoms. The SMILES string of the molecule is CCCCCS(=O)(=O)NC(=O)c1ccc2nc(C)n(Cc3ccc(COc4ccccc4)cc3Cl)c2n1. The van der Waals surface area contributed by atoms with Crippen molar-refractivity contribution in [3.05, 3.63) is 88.3 Å². The lowest BCUT2D eigenvalue weighted by Gasteiger charge is -2.11. The van der Waals surface area contributed by atoms with Crippen molar-refractivity contribution in [2.45, 2.75) is 46.3 Å². The van der Waals surface area contributed by atoms with Gasteiger partial charge in [0.2, 0.25) is 10.0 Å². The average molecular weight is 541 g/mol. The van der Waals surface area contributed by atoms with Crippen molar-refractivity contribution < 1.29 is 17.9 Å². The van der Waals surface area contributed by atoms with Crippen molar-refractivity contribution in [3.63, 3.8) is 0 Å². The Morgan fingerprint density at radius 2 is 1.84 bits per heavy atom. The molecule has 0 aliphatic heterocycles. The average Bonchev–Trinajstić information content (AvgIpc) is 3.18. The first-order valence-corrected chi connectivity index (χ1v) is 14.1. The Kier molecular flexibility index (Phi) is 8.45. The molecule has 0 aliphatic rings. The second-order valence-corrected chi connectivity index (χ2v) is 11.0. The molecule has 0 unspecified atom stereocenters. The van der Waals surface area contributed by atoms with Gasteiger partial charge in [-0.05, 0) is 54.8 Å². The number of benzene rings is 2. The van der Waals surface area contributed by atoms with Crippen LogP contribution in [-0.2, 0) is 23.2 Å². The number of carbonyl (C=O) groups excluding carboxylic acids is 1. The molecule has 8 nitrogen and oxygen atoms in total. The number of carbonyl (C=O) groups is 1. The summed E-state index contributed by atoms with van der Waals surface area (Å²) in [6, 6.07) is 18.4. The number of halogens is 1. The second kappa shape index (κ2) is 11.7. The van der Waals surface area contributed by atoms with Crippen LogP contribution in [0, 0.1) is 6.92 Å². The van der Waals surface area contributed by atoms with Gasteiger partial charge in [0.1, 0.15) is 29.4 Å². The van der Waals surface area contributed by atoms with Crippen LogP contribution in [0.3, 0.4) is 0 Å². The maximum atomic E-state index is 12.7. The van der Waals surface area contributed by atoms with Gasteiger partial charge in [0, 0.05) is 5.02 Å². The van der Waals surface area contributed by atoms with Crippen LogP contribution in [0.25, 0.3) is 11.2 Å². The van der Waals surface area contributed by atoms with Gasteiger partial charge in [-0.25, -0.2) is 23.1 Å². The zero-order chi connectivity index (χ0) is 26.4. The number of rotatable bonds is 11. The van der Waals surface area contributed by atoms with Crippen molar-refractivity contribution in [1.82, 2.24) is 19.3 Å². The van der Waals surface area contributed by atoms with E-state index in [0.717, 1.165) is 29.7 Å². The van der Waals surface area contributed by atoms with E-state index < -0.39 is 15.9 Å². The van der Waals surface area contributed by atoms with Crippen LogP contribution in [0.5, 0.6) is 5.75 Å². The van der Waals surface area contributed by atoms with Crippen molar-refractivity contribution in [2.75, 3.05) is 5.75 Å². The van der Waals surface area contributed by atoms with Gasteiger partial charge in [-0.2, -0.15) is 0 Å². The third-order valence-electron chi connectivity index (χ3n) is 5.88. The topological polar surface area (TPSA) is 103 Å². The Labute approximate surface area is 221 Å². The lowest BCUT2D eigenvalue weighted by atomic mass is 10.1. The predicted octanol–water partition coefficient (Wildman–Crippen LogP) is 5.27. The van der Waals surface area contributed by atoms with Crippen LogP contribution in [0.15, 0.2) is 60.7 Å². The van der Waals surface area contributed by atoms with E-state index in [-0.39, 0.29) is 11.4 Å². The van der Waals surface area contributed by atoms with Gasteiger partial charge in [-0.15, -0.1) is 0 Å². The van der Waals surface area contributed by atoms with Crippen LogP contribution in [0.4, 0.5) is 0 Å². The summed E-state index contributed by atoms with van der Waals surface area (Å²) in [5.74, 6) is 0.615. The number of ether oxygens (including phenoxy) is 1. The summed E-state index contributed by atoms with van der Waals surface area (Å²) in [4.78, 5) is 21.6. The zero-order valence-electron chi connectivity index (χ0n) is 20.8. The number of imidazole rings is 1. The number of hydrogen-bond donors (Lipinski definition) is 1. The Balaban J connectivity index is 1.51. The number of aromatic nitrogens is 3. The standard InChI is InChI=1S/C27H29ClN4O4S/c1-3-4-8-15-37(34,35)31-27(33)25-14-13-24-26(30-25)32(19(2)29-24)17-21-12-11-20(16-23(21)28)18-36-22-9-6-5-7-10-22/h5-7,9-14,16H,3-4,8,15,17-18H2,1-2H3,(H,31,33). The van der Waals surface area contributed by atoms with Gasteiger partial charge in [0.15, 0.2) is 5.65 Å². The molecule has 0 spiro atoms. The molecule has 1 N–H and O–H groups in total. The number of amides is 1. The highest BCUT2D eigenvalue weighted by Crippen LogP contribution is 2.23. The zero-order valence-corrected chi connectivity index (χ0v) is 22.3. The minimum atomic E-state index is -3.73. The number of nitrogens with one attached hydrogen (secondary N) is 1. The van der Waals surface area contributed by atoms with Crippen molar-refractivity contribution >= 4 is 38.7 Å². The fourth-order valence-corrected chi connectivity index (χ4v) is 5.22. The molecule has 2 aromatic heterocycles. The van der Waals surface area contributed by atoms with Crippen molar-refractivity contribution in [2.24, 2.45) is 0 Å². The quantitative estimate of drug-likeness (QED) is 0.260. The van der Waals surface area contributed by atoms with E-state index in [2.05, 4.69) is 14.7 Å². The normalized spacial score (nSPS) is 11.5. The summed E-state index contributed by atoms with van der Waals surface area (Å²) in [7, 11) is -3.73. The maximum absolute atomic E-state index is 12.7. The van der Waals surface area contributed by atoms with E-state index in [1.807, 2.05) is 66.9 Å². The Hall–Kier alpha value is -3.43. The molecule has 0 bridgehead atoms. The van der Waals surface area contributed by atoms with E-state index >= 15 is 0 Å². The molecule has 0 atom stereocenters. The lowest BCUT2D eigenvalue weighted by Crippen LogP contribution is -2.33. The number of aryl methyl sites for hydroxylation is 1. The van der Waals surface area contributed by atoms with E-state index in [9.17, 15) is 13.2 Å². The number of unbranched alkanes of at least 4 members (excludes halogenated alkanes) is 2. The lowest BCUT2D eigenvalue weighted by molar-refractivity contribution is 0.0977. The maximum Gasteiger partial charge on any atom is 0.283 e. The van der Waals surface area contributed by atoms with Crippen LogP contribution in [-0.4, -0.2) is 34.6 Å². The molecule has 0 aliphatic carbocycles. The first-order valence-electron chi connectivity index (χ1n) is 12.1. The van der Waals surface area contributed by atoms with Crippen LogP contribution in [0.2, 0.25) is 5.02 Å². The fourth-order valence-electron chi connectivity index (χ4n) is 3.88. The van der Waals surface area contributed by atoms with Gasteiger partial charge >= 0.3 is 0 Å². The van der Waals surface area contributed by atoms with E-state index in [4.69, 9.17) is 16.3 Å². The molecule has 4 aromatic rings. The molecule has 194 valence electrons. The van der Waals surface area contributed by atoms with Gasteiger partial charge in [0.25, 0.3) is 5.91 Å². The minimum absolute atomic E-state index is 0.00669. The van der Waals surface area contributed by atoms with Gasteiger partial charge in [-0.3, -0.25) is 4.79 Å². The van der Waals surface area contributed by atoms with Crippen molar-refractivity contribution in [1.29, 1.82) is 0 Å². The third-order valence-corrected chi connectivity index (χ3v) is 7.55. The summed E-state index contributed by atoms with van der Waals surface area (Å²) in [6.07, 6.45) is 2.16. The molecule has 37 heavy (non-hydrogen) atoms. The highest BCUT2D eigenvalue weighted by Gasteiger charge is 2.19. The summed E-state index contributed by atoms with van der Waals surface area (Å²) in [6.45, 7) is 4.60. The second-order valence-electron chi connectivity index (χ2n) is 8.77. The number of fused-ring (bicyclic) bond motifs is 1. The highest BCUT2D eigenvalue weighted by molar-refractivity contribution is 7.90. The Morgan fingerprint density at radius 3 is 2.57 bits per heavy atom. The third kappa shape index (κ3) is 6.87. The largest absolute Gasteiger partial charge is 0.489 e. The molecular weight excluding hydrogens is 512 g/mol. The Bertz CT molecular complexity index is 1500. The molecule has 0 saturated carbocycles. The van der Waals surface area contributed by atoms with Gasteiger partial charge in [0.05, 0.1) is 12.3 Å². The Morgan fingerprint density at radius 1 is 1.05 bits per heavy atom. The summed E-state index contributed by atoms with van der Waals surface area (Å²) in [5.41, 5.74) is 2.86. The first-order chi connectivity index (χ1) is 17.8. The molecule has 1 amide bonds. The van der Waals surface area contributed by atoms with Crippen molar-refractivity contribution in [3.8, 4) is 5.75 Å². The smallest absolute Gasteiger partial charge is 0.283 e. The summed E-state index contributed by atoms with van der Waals surface area (Å²) in [5, 5.41) is 0.572. The molecule has 0 saturated heterocycles. The number of pyridine rings is 1. The molecular formula is C27H29ClN4O4S. The number of sulfonamides is 1. The molecule has 0 radical (unpaired) electrons. The highest BCUT2D eigenvalue weighted by atomic mass is 35.5. The van der Waals surface area contributed by atoms with E-state index in [1.165, 1.54) is 6.07 Å². The van der Waals surface area contributed by atoms with Crippen LogP contribution in [0.1, 0.15) is 53.6 Å².